The molecule has 0 spiro atoms. The van der Waals surface area contributed by atoms with Crippen molar-refractivity contribution in [1.29, 1.82) is 5.26 Å². The molecule has 3 nitrogen and oxygen atoms in total. The van der Waals surface area contributed by atoms with Crippen molar-refractivity contribution in [2.24, 2.45) is 5.73 Å². The fraction of sp³-hybridized carbons (Fsp3) is 0.222. The number of rotatable bonds is 3. The van der Waals surface area contributed by atoms with Gasteiger partial charge in [0.05, 0.1) is 5.56 Å². The van der Waals surface area contributed by atoms with Crippen LogP contribution in [0.25, 0.3) is 0 Å². The fourth-order valence-electron chi connectivity index (χ4n) is 0.877. The minimum atomic E-state index is 0.422. The highest BCUT2D eigenvalue weighted by Gasteiger charge is 2.02. The van der Waals surface area contributed by atoms with Crippen LogP contribution in [0.15, 0.2) is 22.7 Å². The van der Waals surface area contributed by atoms with Crippen LogP contribution in [0.1, 0.15) is 5.56 Å². The molecule has 1 aromatic rings. The summed E-state index contributed by atoms with van der Waals surface area (Å²) >= 11 is 3.30. The Morgan fingerprint density at radius 2 is 2.31 bits per heavy atom. The summed E-state index contributed by atoms with van der Waals surface area (Å²) in [5.74, 6) is 0.572. The lowest BCUT2D eigenvalue weighted by atomic mass is 10.3. The van der Waals surface area contributed by atoms with Gasteiger partial charge in [-0.15, -0.1) is 0 Å². The summed E-state index contributed by atoms with van der Waals surface area (Å²) in [5, 5.41) is 8.73. The molecule has 0 amide bonds. The summed E-state index contributed by atoms with van der Waals surface area (Å²) in [4.78, 5) is 0. The Balaban J connectivity index is 2.89. The zero-order valence-corrected chi connectivity index (χ0v) is 8.54. The Morgan fingerprint density at radius 3 is 2.92 bits per heavy atom. The molecule has 4 heteroatoms. The van der Waals surface area contributed by atoms with E-state index in [2.05, 4.69) is 15.9 Å². The van der Waals surface area contributed by atoms with Gasteiger partial charge in [0.25, 0.3) is 0 Å². The first-order chi connectivity index (χ1) is 6.27. The SMILES string of the molecule is N#[14C]c1ccc(Br)cc1OCCN. The van der Waals surface area contributed by atoms with Crippen LogP contribution in [0.2, 0.25) is 0 Å². The van der Waals surface area contributed by atoms with Crippen LogP contribution in [0, 0.1) is 11.3 Å². The van der Waals surface area contributed by atoms with Crippen molar-refractivity contribution >= 4 is 15.9 Å². The van der Waals surface area contributed by atoms with Gasteiger partial charge in [0, 0.05) is 11.0 Å². The number of nitriles is 1. The lowest BCUT2D eigenvalue weighted by Crippen LogP contribution is -2.11. The monoisotopic (exact) mass is 242 g/mol. The maximum Gasteiger partial charge on any atom is 0.138 e. The van der Waals surface area contributed by atoms with Crippen LogP contribution >= 0.6 is 15.9 Å². The maximum atomic E-state index is 8.73. The third-order valence-corrected chi connectivity index (χ3v) is 1.93. The molecule has 2 N–H and O–H groups in total. The Morgan fingerprint density at radius 1 is 1.54 bits per heavy atom. The van der Waals surface area contributed by atoms with Gasteiger partial charge in [-0.05, 0) is 18.2 Å². The van der Waals surface area contributed by atoms with Crippen LogP contribution in [0.4, 0.5) is 0 Å². The van der Waals surface area contributed by atoms with Gasteiger partial charge >= 0.3 is 0 Å². The molecule has 0 unspecified atom stereocenters. The molecule has 0 atom stereocenters. The van der Waals surface area contributed by atoms with Crippen LogP contribution < -0.4 is 10.5 Å². The fourth-order valence-corrected chi connectivity index (χ4v) is 1.22. The van der Waals surface area contributed by atoms with E-state index in [1.54, 1.807) is 18.2 Å². The molecule has 0 aliphatic rings. The van der Waals surface area contributed by atoms with Crippen LogP contribution in [0.3, 0.4) is 0 Å². The molecular weight excluding hydrogens is 234 g/mol. The highest BCUT2D eigenvalue weighted by atomic mass is 79.9. The van der Waals surface area contributed by atoms with Crippen molar-refractivity contribution < 1.29 is 4.74 Å². The number of ether oxygens (including phenoxy) is 1. The smallest absolute Gasteiger partial charge is 0.138 e. The molecule has 0 heterocycles. The van der Waals surface area contributed by atoms with E-state index in [4.69, 9.17) is 15.7 Å². The molecule has 68 valence electrons. The lowest BCUT2D eigenvalue weighted by Gasteiger charge is -2.06. The Kier molecular flexibility index (Phi) is 3.74. The number of halogens is 1. The van der Waals surface area contributed by atoms with Gasteiger partial charge in [-0.2, -0.15) is 5.26 Å². The Bertz CT molecular complexity index is 333. The summed E-state index contributed by atoms with van der Waals surface area (Å²) in [6.45, 7) is 0.864. The van der Waals surface area contributed by atoms with Gasteiger partial charge in [0.2, 0.25) is 0 Å². The van der Waals surface area contributed by atoms with E-state index in [9.17, 15) is 0 Å². The number of benzene rings is 1. The van der Waals surface area contributed by atoms with E-state index in [0.29, 0.717) is 24.5 Å². The van der Waals surface area contributed by atoms with Gasteiger partial charge in [-0.25, -0.2) is 0 Å². The van der Waals surface area contributed by atoms with Crippen molar-refractivity contribution in [1.82, 2.24) is 0 Å². The van der Waals surface area contributed by atoms with Crippen molar-refractivity contribution in [3.63, 3.8) is 0 Å². The van der Waals surface area contributed by atoms with Crippen molar-refractivity contribution in [2.75, 3.05) is 13.2 Å². The summed E-state index contributed by atoms with van der Waals surface area (Å²) in [6.07, 6.45) is 0. The third kappa shape index (κ3) is 2.72. The zero-order chi connectivity index (χ0) is 9.68. The number of nitrogens with two attached hydrogens (primary N) is 1. The number of nitrogens with zero attached hydrogens (tertiary/aromatic N) is 1. The van der Waals surface area contributed by atoms with Crippen molar-refractivity contribution in [2.45, 2.75) is 0 Å². The Hall–Kier alpha value is -1.05. The second kappa shape index (κ2) is 4.85. The Labute approximate surface area is 85.2 Å². The van der Waals surface area contributed by atoms with E-state index in [0.717, 1.165) is 4.47 Å². The highest BCUT2D eigenvalue weighted by Crippen LogP contribution is 2.22. The first-order valence-corrected chi connectivity index (χ1v) is 4.59. The van der Waals surface area contributed by atoms with Crippen molar-refractivity contribution in [3.8, 4) is 11.8 Å². The molecule has 13 heavy (non-hydrogen) atoms. The molecule has 0 aliphatic heterocycles. The standard InChI is InChI=1S/C9H9BrN2O/c10-8-2-1-7(6-12)9(5-8)13-4-3-11/h1-2,5H,3-4,11H2/i6+2. The minimum Gasteiger partial charge on any atom is -0.491 e. The minimum absolute atomic E-state index is 0.422. The molecule has 0 saturated heterocycles. The average Bonchev–Trinajstić information content (AvgIpc) is 2.15. The molecular formula is C9H9BrN2O. The molecule has 1 rings (SSSR count). The van der Waals surface area contributed by atoms with Gasteiger partial charge in [-0.1, -0.05) is 15.9 Å². The maximum absolute atomic E-state index is 8.73. The molecule has 0 saturated carbocycles. The summed E-state index contributed by atoms with van der Waals surface area (Å²) in [6, 6.07) is 7.31. The topological polar surface area (TPSA) is 59.0 Å². The lowest BCUT2D eigenvalue weighted by molar-refractivity contribution is 0.327. The van der Waals surface area contributed by atoms with Crippen LogP contribution in [0.5, 0.6) is 5.75 Å². The summed E-state index contributed by atoms with van der Waals surface area (Å²) < 4.78 is 6.17. The molecule has 0 fully saturated rings. The van der Waals surface area contributed by atoms with Gasteiger partial charge in [0.1, 0.15) is 18.4 Å². The highest BCUT2D eigenvalue weighted by molar-refractivity contribution is 9.10. The normalized spacial score (nSPS) is 9.31. The van der Waals surface area contributed by atoms with E-state index < -0.39 is 0 Å². The van der Waals surface area contributed by atoms with Gasteiger partial charge in [0.15, 0.2) is 0 Å². The average molecular weight is 243 g/mol. The molecule has 0 aromatic heterocycles. The second-order valence-electron chi connectivity index (χ2n) is 2.39. The summed E-state index contributed by atoms with van der Waals surface area (Å²) in [5.41, 5.74) is 5.81. The van der Waals surface area contributed by atoms with Gasteiger partial charge < -0.3 is 10.5 Å². The van der Waals surface area contributed by atoms with Crippen LogP contribution in [-0.2, 0) is 0 Å². The van der Waals surface area contributed by atoms with E-state index in [1.165, 1.54) is 0 Å². The second-order valence-corrected chi connectivity index (χ2v) is 3.31. The predicted octanol–water partition coefficient (Wildman–Crippen LogP) is 1.66. The molecule has 0 bridgehead atoms. The molecule has 0 aliphatic carbocycles. The van der Waals surface area contributed by atoms with Crippen LogP contribution in [-0.4, -0.2) is 13.2 Å². The molecule has 0 radical (unpaired) electrons. The van der Waals surface area contributed by atoms with E-state index in [-0.39, 0.29) is 0 Å². The predicted molar refractivity (Wildman–Crippen MR) is 53.4 cm³/mol. The number of hydrogen-bond acceptors (Lipinski definition) is 3. The van der Waals surface area contributed by atoms with Gasteiger partial charge in [-0.3, -0.25) is 0 Å². The third-order valence-electron chi connectivity index (χ3n) is 1.44. The largest absolute Gasteiger partial charge is 0.491 e. The van der Waals surface area contributed by atoms with E-state index >= 15 is 0 Å². The van der Waals surface area contributed by atoms with Crippen molar-refractivity contribution in [3.05, 3.63) is 28.2 Å². The quantitative estimate of drug-likeness (QED) is 0.878. The zero-order valence-electron chi connectivity index (χ0n) is 6.96. The summed E-state index contributed by atoms with van der Waals surface area (Å²) in [7, 11) is 0. The first-order valence-electron chi connectivity index (χ1n) is 3.80. The first kappa shape index (κ1) is 10.0. The molecule has 1 aromatic carbocycles. The number of hydrogen-bond donors (Lipinski definition) is 1. The van der Waals surface area contributed by atoms with E-state index in [1.807, 2.05) is 6.07 Å².